The van der Waals surface area contributed by atoms with Crippen LogP contribution in [0.25, 0.3) is 0 Å². The maximum Gasteiger partial charge on any atom is 0.241 e. The second-order valence-electron chi connectivity index (χ2n) is 6.13. The van der Waals surface area contributed by atoms with Crippen LogP contribution in [-0.4, -0.2) is 33.7 Å². The van der Waals surface area contributed by atoms with Crippen molar-refractivity contribution in [1.82, 2.24) is 9.71 Å². The van der Waals surface area contributed by atoms with Gasteiger partial charge in [-0.1, -0.05) is 6.07 Å². The summed E-state index contributed by atoms with van der Waals surface area (Å²) >= 11 is 0. The van der Waals surface area contributed by atoms with Gasteiger partial charge in [0.1, 0.15) is 0 Å². The highest BCUT2D eigenvalue weighted by atomic mass is 32.2. The maximum absolute atomic E-state index is 14.0. The third kappa shape index (κ3) is 4.20. The van der Waals surface area contributed by atoms with Gasteiger partial charge in [0.25, 0.3) is 0 Å². The van der Waals surface area contributed by atoms with E-state index < -0.39 is 21.9 Å². The Morgan fingerprint density at radius 1 is 1.31 bits per heavy atom. The fraction of sp³-hybridized carbons (Fsp3) is 0.389. The molecule has 1 unspecified atom stereocenters. The Hall–Kier alpha value is -2.03. The Morgan fingerprint density at radius 3 is 2.69 bits per heavy atom. The van der Waals surface area contributed by atoms with Gasteiger partial charge in [-0.2, -0.15) is 0 Å². The smallest absolute Gasteiger partial charge is 0.241 e. The molecule has 1 N–H and O–H groups in total. The van der Waals surface area contributed by atoms with Gasteiger partial charge in [0.15, 0.2) is 11.6 Å². The highest BCUT2D eigenvalue weighted by molar-refractivity contribution is 7.89. The van der Waals surface area contributed by atoms with E-state index >= 15 is 0 Å². The number of ether oxygens (including phenoxy) is 2. The maximum atomic E-state index is 14.0. The van der Waals surface area contributed by atoms with Crippen molar-refractivity contribution in [3.8, 4) is 5.75 Å². The Labute approximate surface area is 152 Å². The van der Waals surface area contributed by atoms with Crippen LogP contribution in [-0.2, 0) is 14.8 Å². The summed E-state index contributed by atoms with van der Waals surface area (Å²) in [5.41, 5.74) is 0.775. The average molecular weight is 380 g/mol. The van der Waals surface area contributed by atoms with Crippen LogP contribution < -0.4 is 9.46 Å². The lowest BCUT2D eigenvalue weighted by atomic mass is 9.88. The normalized spacial score (nSPS) is 17.0. The SMILES string of the molecule is COc1ccc(S(=O)(=O)NC(c2cccnc2)C2CCOCC2)cc1F. The van der Waals surface area contributed by atoms with Crippen LogP contribution in [0.2, 0.25) is 0 Å². The van der Waals surface area contributed by atoms with E-state index in [9.17, 15) is 12.8 Å². The molecule has 0 radical (unpaired) electrons. The van der Waals surface area contributed by atoms with Crippen LogP contribution in [0.5, 0.6) is 5.75 Å². The molecule has 0 amide bonds. The summed E-state index contributed by atoms with van der Waals surface area (Å²) in [6.07, 6.45) is 4.76. The molecule has 1 aliphatic heterocycles. The van der Waals surface area contributed by atoms with Crippen molar-refractivity contribution in [2.45, 2.75) is 23.8 Å². The molecule has 0 aliphatic carbocycles. The molecule has 140 valence electrons. The van der Waals surface area contributed by atoms with E-state index in [1.165, 1.54) is 19.2 Å². The molecule has 8 heteroatoms. The Kier molecular flexibility index (Phi) is 5.85. The molecule has 0 bridgehead atoms. The van der Waals surface area contributed by atoms with Gasteiger partial charge in [-0.15, -0.1) is 0 Å². The molecule has 26 heavy (non-hydrogen) atoms. The quantitative estimate of drug-likeness (QED) is 0.834. The zero-order chi connectivity index (χ0) is 18.6. The lowest BCUT2D eigenvalue weighted by Gasteiger charge is -2.31. The van der Waals surface area contributed by atoms with Crippen LogP contribution in [0.3, 0.4) is 0 Å². The first-order chi connectivity index (χ1) is 12.5. The van der Waals surface area contributed by atoms with Crippen LogP contribution in [0.4, 0.5) is 4.39 Å². The first-order valence-corrected chi connectivity index (χ1v) is 9.83. The van der Waals surface area contributed by atoms with E-state index in [4.69, 9.17) is 9.47 Å². The van der Waals surface area contributed by atoms with Crippen LogP contribution in [0.1, 0.15) is 24.4 Å². The van der Waals surface area contributed by atoms with E-state index in [0.717, 1.165) is 24.5 Å². The first kappa shape index (κ1) is 18.8. The number of nitrogens with one attached hydrogen (secondary N) is 1. The zero-order valence-corrected chi connectivity index (χ0v) is 15.2. The monoisotopic (exact) mass is 380 g/mol. The number of aromatic nitrogens is 1. The number of rotatable bonds is 6. The van der Waals surface area contributed by atoms with Gasteiger partial charge >= 0.3 is 0 Å². The summed E-state index contributed by atoms with van der Waals surface area (Å²) in [6.45, 7) is 1.17. The average Bonchev–Trinajstić information content (AvgIpc) is 2.67. The number of methoxy groups -OCH3 is 1. The molecule has 1 aliphatic rings. The van der Waals surface area contributed by atoms with Crippen molar-refractivity contribution >= 4 is 10.0 Å². The summed E-state index contributed by atoms with van der Waals surface area (Å²) in [6, 6.07) is 6.74. The number of nitrogens with zero attached hydrogens (tertiary/aromatic N) is 1. The van der Waals surface area contributed by atoms with E-state index in [1.54, 1.807) is 18.5 Å². The second kappa shape index (κ2) is 8.11. The predicted molar refractivity (Wildman–Crippen MR) is 93.8 cm³/mol. The predicted octanol–water partition coefficient (Wildman–Crippen LogP) is 2.68. The molecule has 0 saturated carbocycles. The van der Waals surface area contributed by atoms with E-state index in [-0.39, 0.29) is 16.6 Å². The fourth-order valence-corrected chi connectivity index (χ4v) is 4.40. The van der Waals surface area contributed by atoms with Gasteiger partial charge in [-0.05, 0) is 48.6 Å². The summed E-state index contributed by atoms with van der Waals surface area (Å²) in [5, 5.41) is 0. The molecule has 2 heterocycles. The molecule has 2 aromatic rings. The van der Waals surface area contributed by atoms with Crippen LogP contribution >= 0.6 is 0 Å². The Balaban J connectivity index is 1.91. The minimum Gasteiger partial charge on any atom is -0.494 e. The van der Waals surface area contributed by atoms with Crippen molar-refractivity contribution in [2.75, 3.05) is 20.3 Å². The van der Waals surface area contributed by atoms with E-state index in [1.807, 2.05) is 6.07 Å². The van der Waals surface area contributed by atoms with Gasteiger partial charge in [0.2, 0.25) is 10.0 Å². The van der Waals surface area contributed by atoms with Gasteiger partial charge < -0.3 is 9.47 Å². The van der Waals surface area contributed by atoms with Gasteiger partial charge in [0.05, 0.1) is 18.0 Å². The molecular weight excluding hydrogens is 359 g/mol. The number of hydrogen-bond acceptors (Lipinski definition) is 5. The van der Waals surface area contributed by atoms with Crippen molar-refractivity contribution in [3.05, 3.63) is 54.1 Å². The molecule has 3 rings (SSSR count). The number of hydrogen-bond donors (Lipinski definition) is 1. The number of benzene rings is 1. The van der Waals surface area contributed by atoms with Crippen LogP contribution in [0.15, 0.2) is 47.6 Å². The number of pyridine rings is 1. The lowest BCUT2D eigenvalue weighted by molar-refractivity contribution is 0.0564. The molecule has 1 aromatic carbocycles. The summed E-state index contributed by atoms with van der Waals surface area (Å²) in [7, 11) is -2.59. The highest BCUT2D eigenvalue weighted by Crippen LogP contribution is 2.31. The standard InChI is InChI=1S/C18H21FN2O4S/c1-24-17-5-4-15(11-16(17)19)26(22,23)21-18(13-6-9-25-10-7-13)14-3-2-8-20-12-14/h2-5,8,11-13,18,21H,6-7,9-10H2,1H3. The van der Waals surface area contributed by atoms with Crippen molar-refractivity contribution in [1.29, 1.82) is 0 Å². The summed E-state index contributed by atoms with van der Waals surface area (Å²) in [4.78, 5) is 3.96. The van der Waals surface area contributed by atoms with E-state index in [0.29, 0.717) is 13.2 Å². The van der Waals surface area contributed by atoms with E-state index in [2.05, 4.69) is 9.71 Å². The molecule has 6 nitrogen and oxygen atoms in total. The summed E-state index contributed by atoms with van der Waals surface area (Å²) in [5.74, 6) is -0.651. The van der Waals surface area contributed by atoms with Crippen molar-refractivity contribution in [2.24, 2.45) is 5.92 Å². The van der Waals surface area contributed by atoms with Crippen molar-refractivity contribution < 1.29 is 22.3 Å². The third-order valence-electron chi connectivity index (χ3n) is 4.50. The Morgan fingerprint density at radius 2 is 2.08 bits per heavy atom. The minimum absolute atomic E-state index is 0.00260. The molecule has 1 saturated heterocycles. The Bertz CT molecular complexity index is 840. The molecular formula is C18H21FN2O4S. The van der Waals surface area contributed by atoms with Crippen molar-refractivity contribution in [3.63, 3.8) is 0 Å². The molecule has 0 spiro atoms. The zero-order valence-electron chi connectivity index (χ0n) is 14.4. The first-order valence-electron chi connectivity index (χ1n) is 8.35. The summed E-state index contributed by atoms with van der Waals surface area (Å²) < 4.78 is 52.6. The topological polar surface area (TPSA) is 77.5 Å². The number of sulfonamides is 1. The molecule has 1 atom stereocenters. The largest absolute Gasteiger partial charge is 0.494 e. The third-order valence-corrected chi connectivity index (χ3v) is 5.94. The lowest BCUT2D eigenvalue weighted by Crippen LogP contribution is -2.36. The molecule has 1 fully saturated rings. The highest BCUT2D eigenvalue weighted by Gasteiger charge is 2.30. The van der Waals surface area contributed by atoms with Gasteiger partial charge in [0, 0.05) is 25.6 Å². The minimum atomic E-state index is -3.92. The number of halogens is 1. The van der Waals surface area contributed by atoms with Crippen LogP contribution in [0, 0.1) is 11.7 Å². The second-order valence-corrected chi connectivity index (χ2v) is 7.85. The fourth-order valence-electron chi connectivity index (χ4n) is 3.09. The molecule has 1 aromatic heterocycles. The van der Waals surface area contributed by atoms with Gasteiger partial charge in [-0.25, -0.2) is 17.5 Å². The van der Waals surface area contributed by atoms with Gasteiger partial charge in [-0.3, -0.25) is 4.98 Å².